The number of benzene rings is 2. The number of hydrogen-bond donors (Lipinski definition) is 0. The van der Waals surface area contributed by atoms with Crippen molar-refractivity contribution in [1.29, 1.82) is 0 Å². The van der Waals surface area contributed by atoms with Crippen molar-refractivity contribution < 1.29 is 27.1 Å². The standard InChI is InChI=1S/C22H22ClNO7S/c1-4-24(5-2)32(27,28)20-10-14(6-9-18(20)23)22(26)30-13-15-11-21(25)31-19-12-16(29-3)7-8-17(15)19/h6-12H,4-5,13H2,1-3H3. The van der Waals surface area contributed by atoms with Crippen molar-refractivity contribution in [3.05, 3.63) is 69.0 Å². The lowest BCUT2D eigenvalue weighted by molar-refractivity contribution is 0.0473. The summed E-state index contributed by atoms with van der Waals surface area (Å²) in [7, 11) is -2.38. The third-order valence-electron chi connectivity index (χ3n) is 4.89. The highest BCUT2D eigenvalue weighted by atomic mass is 35.5. The highest BCUT2D eigenvalue weighted by Gasteiger charge is 2.26. The number of esters is 1. The first kappa shape index (κ1) is 23.8. The van der Waals surface area contributed by atoms with Crippen LogP contribution in [0.25, 0.3) is 11.0 Å². The fraction of sp³-hybridized carbons (Fsp3) is 0.273. The van der Waals surface area contributed by atoms with Gasteiger partial charge in [-0.1, -0.05) is 25.4 Å². The van der Waals surface area contributed by atoms with Crippen LogP contribution in [0.15, 0.2) is 56.6 Å². The van der Waals surface area contributed by atoms with E-state index in [9.17, 15) is 18.0 Å². The second-order valence-electron chi connectivity index (χ2n) is 6.76. The minimum absolute atomic E-state index is 0.00839. The molecule has 0 saturated heterocycles. The number of nitrogens with zero attached hydrogens (tertiary/aromatic N) is 1. The molecule has 32 heavy (non-hydrogen) atoms. The van der Waals surface area contributed by atoms with Gasteiger partial charge < -0.3 is 13.9 Å². The monoisotopic (exact) mass is 479 g/mol. The third-order valence-corrected chi connectivity index (χ3v) is 7.42. The van der Waals surface area contributed by atoms with Crippen molar-refractivity contribution in [2.24, 2.45) is 0 Å². The molecule has 0 unspecified atom stereocenters. The molecular weight excluding hydrogens is 458 g/mol. The van der Waals surface area contributed by atoms with Crippen LogP contribution in [-0.2, 0) is 21.4 Å². The molecule has 0 fully saturated rings. The highest BCUT2D eigenvalue weighted by Crippen LogP contribution is 2.27. The maximum Gasteiger partial charge on any atom is 0.338 e. The first-order valence-electron chi connectivity index (χ1n) is 9.78. The molecule has 0 N–H and O–H groups in total. The molecule has 0 amide bonds. The first-order valence-corrected chi connectivity index (χ1v) is 11.6. The van der Waals surface area contributed by atoms with Crippen molar-refractivity contribution in [2.75, 3.05) is 20.2 Å². The molecule has 0 aliphatic rings. The largest absolute Gasteiger partial charge is 0.497 e. The molecular formula is C22H22ClNO7S. The summed E-state index contributed by atoms with van der Waals surface area (Å²) in [6.07, 6.45) is 0. The number of carbonyl (C=O) groups excluding carboxylic acids is 1. The molecule has 1 heterocycles. The Bertz CT molecular complexity index is 1310. The van der Waals surface area contributed by atoms with Gasteiger partial charge in [-0.25, -0.2) is 18.0 Å². The number of sulfonamides is 1. The number of fused-ring (bicyclic) bond motifs is 1. The Hall–Kier alpha value is -2.88. The Kier molecular flexibility index (Phi) is 7.22. The normalized spacial score (nSPS) is 11.7. The molecule has 0 saturated carbocycles. The first-order chi connectivity index (χ1) is 15.2. The number of methoxy groups -OCH3 is 1. The van der Waals surface area contributed by atoms with Crippen LogP contribution < -0.4 is 10.4 Å². The third kappa shape index (κ3) is 4.79. The van der Waals surface area contributed by atoms with Crippen molar-refractivity contribution in [2.45, 2.75) is 25.3 Å². The second-order valence-corrected chi connectivity index (χ2v) is 9.08. The van der Waals surface area contributed by atoms with E-state index in [4.69, 9.17) is 25.5 Å². The smallest absolute Gasteiger partial charge is 0.338 e. The predicted molar refractivity (Wildman–Crippen MR) is 120 cm³/mol. The Balaban J connectivity index is 1.88. The summed E-state index contributed by atoms with van der Waals surface area (Å²) in [5.74, 6) is -0.245. The van der Waals surface area contributed by atoms with Crippen LogP contribution in [0.4, 0.5) is 0 Å². The zero-order valence-electron chi connectivity index (χ0n) is 17.8. The summed E-state index contributed by atoms with van der Waals surface area (Å²) in [5, 5.41) is 0.591. The van der Waals surface area contributed by atoms with Gasteiger partial charge in [-0.2, -0.15) is 4.31 Å². The maximum atomic E-state index is 12.8. The minimum atomic E-state index is -3.87. The molecule has 2 aromatic carbocycles. The van der Waals surface area contributed by atoms with Gasteiger partial charge in [0.25, 0.3) is 0 Å². The van der Waals surface area contributed by atoms with E-state index in [1.165, 1.54) is 35.7 Å². The Morgan fingerprint density at radius 3 is 2.47 bits per heavy atom. The number of rotatable bonds is 8. The maximum absolute atomic E-state index is 12.8. The van der Waals surface area contributed by atoms with E-state index >= 15 is 0 Å². The predicted octanol–water partition coefficient (Wildman–Crippen LogP) is 3.84. The Labute approximate surface area is 190 Å². The molecule has 8 nitrogen and oxygen atoms in total. The minimum Gasteiger partial charge on any atom is -0.497 e. The van der Waals surface area contributed by atoms with E-state index in [0.29, 0.717) is 22.3 Å². The zero-order chi connectivity index (χ0) is 23.5. The fourth-order valence-corrected chi connectivity index (χ4v) is 5.17. The molecule has 0 bridgehead atoms. The molecule has 1 aromatic heterocycles. The van der Waals surface area contributed by atoms with Crippen LogP contribution in [0, 0.1) is 0 Å². The molecule has 3 aromatic rings. The topological polar surface area (TPSA) is 103 Å². The number of carbonyl (C=O) groups is 1. The van der Waals surface area contributed by atoms with Crippen LogP contribution in [0.3, 0.4) is 0 Å². The Morgan fingerprint density at radius 2 is 1.81 bits per heavy atom. The van der Waals surface area contributed by atoms with Gasteiger partial charge in [0.1, 0.15) is 22.8 Å². The van der Waals surface area contributed by atoms with Gasteiger partial charge in [-0.05, 0) is 30.3 Å². The van der Waals surface area contributed by atoms with E-state index in [0.717, 1.165) is 0 Å². The molecule has 0 atom stereocenters. The summed E-state index contributed by atoms with van der Waals surface area (Å²) in [4.78, 5) is 24.4. The summed E-state index contributed by atoms with van der Waals surface area (Å²) in [6, 6.07) is 10.1. The van der Waals surface area contributed by atoms with Gasteiger partial charge in [0.05, 0.1) is 17.7 Å². The zero-order valence-corrected chi connectivity index (χ0v) is 19.3. The van der Waals surface area contributed by atoms with Crippen LogP contribution in [0.5, 0.6) is 5.75 Å². The van der Waals surface area contributed by atoms with Gasteiger partial charge >= 0.3 is 11.6 Å². The molecule has 0 spiro atoms. The van der Waals surface area contributed by atoms with Crippen LogP contribution >= 0.6 is 11.6 Å². The quantitative estimate of drug-likeness (QED) is 0.357. The summed E-state index contributed by atoms with van der Waals surface area (Å²) < 4.78 is 42.6. The molecule has 0 aliphatic heterocycles. The van der Waals surface area contributed by atoms with E-state index in [1.54, 1.807) is 32.0 Å². The summed E-state index contributed by atoms with van der Waals surface area (Å²) in [5.41, 5.74) is 0.157. The lowest BCUT2D eigenvalue weighted by Gasteiger charge is -2.19. The highest BCUT2D eigenvalue weighted by molar-refractivity contribution is 7.89. The molecule has 3 rings (SSSR count). The second kappa shape index (κ2) is 9.72. The summed E-state index contributed by atoms with van der Waals surface area (Å²) >= 11 is 6.11. The molecule has 0 radical (unpaired) electrons. The van der Waals surface area contributed by atoms with Crippen LogP contribution in [0.1, 0.15) is 29.8 Å². The van der Waals surface area contributed by atoms with Gasteiger partial charge in [-0.15, -0.1) is 0 Å². The van der Waals surface area contributed by atoms with Gasteiger partial charge in [0.2, 0.25) is 10.0 Å². The number of hydrogen-bond acceptors (Lipinski definition) is 7. The average molecular weight is 480 g/mol. The lowest BCUT2D eigenvalue weighted by Crippen LogP contribution is -2.31. The Morgan fingerprint density at radius 1 is 1.09 bits per heavy atom. The molecule has 10 heteroatoms. The lowest BCUT2D eigenvalue weighted by atomic mass is 10.1. The number of halogens is 1. The van der Waals surface area contributed by atoms with Crippen molar-refractivity contribution in [1.82, 2.24) is 4.31 Å². The van der Waals surface area contributed by atoms with Crippen molar-refractivity contribution in [3.8, 4) is 5.75 Å². The SMILES string of the molecule is CCN(CC)S(=O)(=O)c1cc(C(=O)OCc2cc(=O)oc3cc(OC)ccc23)ccc1Cl. The van der Waals surface area contributed by atoms with Crippen LogP contribution in [-0.4, -0.2) is 38.9 Å². The van der Waals surface area contributed by atoms with Gasteiger partial charge in [0, 0.05) is 36.2 Å². The molecule has 0 aliphatic carbocycles. The van der Waals surface area contributed by atoms with Gasteiger partial charge in [-0.3, -0.25) is 0 Å². The van der Waals surface area contributed by atoms with Gasteiger partial charge in [0.15, 0.2) is 0 Å². The van der Waals surface area contributed by atoms with E-state index in [-0.39, 0.29) is 35.2 Å². The fourth-order valence-electron chi connectivity index (χ4n) is 3.21. The van der Waals surface area contributed by atoms with E-state index in [2.05, 4.69) is 0 Å². The van der Waals surface area contributed by atoms with Crippen LogP contribution in [0.2, 0.25) is 5.02 Å². The summed E-state index contributed by atoms with van der Waals surface area (Å²) in [6.45, 7) is 3.73. The average Bonchev–Trinajstić information content (AvgIpc) is 2.77. The number of ether oxygens (including phenoxy) is 2. The van der Waals surface area contributed by atoms with E-state index < -0.39 is 21.6 Å². The van der Waals surface area contributed by atoms with Crippen molar-refractivity contribution >= 4 is 38.6 Å². The van der Waals surface area contributed by atoms with E-state index in [1.807, 2.05) is 0 Å². The van der Waals surface area contributed by atoms with Crippen molar-refractivity contribution in [3.63, 3.8) is 0 Å². The molecule has 170 valence electrons.